The van der Waals surface area contributed by atoms with Crippen LogP contribution in [-0.2, 0) is 11.2 Å². The lowest BCUT2D eigenvalue weighted by Gasteiger charge is -2.44. The number of benzene rings is 2. The summed E-state index contributed by atoms with van der Waals surface area (Å²) in [5.74, 6) is 1.16. The van der Waals surface area contributed by atoms with Gasteiger partial charge in [0.05, 0.1) is 6.04 Å². The highest BCUT2D eigenvalue weighted by Crippen LogP contribution is 2.46. The van der Waals surface area contributed by atoms with Crippen LogP contribution >= 0.6 is 0 Å². The van der Waals surface area contributed by atoms with Gasteiger partial charge < -0.3 is 14.8 Å². The van der Waals surface area contributed by atoms with E-state index in [1.807, 2.05) is 24.3 Å². The first kappa shape index (κ1) is 22.2. The van der Waals surface area contributed by atoms with Crippen molar-refractivity contribution in [2.24, 2.45) is 11.3 Å². The van der Waals surface area contributed by atoms with E-state index in [1.165, 1.54) is 5.56 Å². The number of halogens is 1. The molecule has 176 valence electrons. The summed E-state index contributed by atoms with van der Waals surface area (Å²) < 4.78 is 23.8. The maximum absolute atomic E-state index is 12.9. The van der Waals surface area contributed by atoms with E-state index in [9.17, 15) is 9.18 Å². The van der Waals surface area contributed by atoms with Crippen LogP contribution in [0.15, 0.2) is 42.5 Å². The van der Waals surface area contributed by atoms with Crippen LogP contribution in [0, 0.1) is 11.3 Å². The van der Waals surface area contributed by atoms with Crippen LogP contribution in [0.4, 0.5) is 9.18 Å². The SMILES string of the molecule is CC1(C)Cc2cc(-c3cccc(OCCF)c3)ccc2C1NC(=O)O[C@H]1CN2CCC1CC2. The Kier molecular flexibility index (Phi) is 6.04. The van der Waals surface area contributed by atoms with Crippen molar-refractivity contribution in [3.63, 3.8) is 0 Å². The van der Waals surface area contributed by atoms with Gasteiger partial charge in [0.25, 0.3) is 0 Å². The van der Waals surface area contributed by atoms with E-state index in [0.717, 1.165) is 55.6 Å². The topological polar surface area (TPSA) is 50.8 Å². The van der Waals surface area contributed by atoms with Gasteiger partial charge >= 0.3 is 6.09 Å². The van der Waals surface area contributed by atoms with Crippen molar-refractivity contribution in [1.29, 1.82) is 0 Å². The van der Waals surface area contributed by atoms with Crippen LogP contribution in [0.5, 0.6) is 5.75 Å². The molecule has 2 bridgehead atoms. The van der Waals surface area contributed by atoms with Gasteiger partial charge in [0.1, 0.15) is 25.1 Å². The van der Waals surface area contributed by atoms with Gasteiger partial charge in [-0.2, -0.15) is 0 Å². The minimum Gasteiger partial charge on any atom is -0.491 e. The average molecular weight is 453 g/mol. The summed E-state index contributed by atoms with van der Waals surface area (Å²) in [7, 11) is 0. The smallest absolute Gasteiger partial charge is 0.407 e. The Bertz CT molecular complexity index is 1020. The van der Waals surface area contributed by atoms with Crippen molar-refractivity contribution >= 4 is 6.09 Å². The van der Waals surface area contributed by atoms with Crippen molar-refractivity contribution in [2.75, 3.05) is 32.9 Å². The molecule has 0 aromatic heterocycles. The molecular weight excluding hydrogens is 419 g/mol. The monoisotopic (exact) mass is 452 g/mol. The quantitative estimate of drug-likeness (QED) is 0.659. The number of piperidine rings is 3. The molecule has 4 aliphatic rings. The normalized spacial score (nSPS) is 27.1. The number of carbonyl (C=O) groups is 1. The molecular formula is C27H33FN2O3. The number of hydrogen-bond acceptors (Lipinski definition) is 4. The van der Waals surface area contributed by atoms with Gasteiger partial charge in [0.2, 0.25) is 0 Å². The minimum absolute atomic E-state index is 0.00533. The first-order chi connectivity index (χ1) is 15.9. The van der Waals surface area contributed by atoms with Crippen LogP contribution < -0.4 is 10.1 Å². The summed E-state index contributed by atoms with van der Waals surface area (Å²) >= 11 is 0. The number of rotatable bonds is 6. The number of amides is 1. The molecule has 2 atom stereocenters. The highest BCUT2D eigenvalue weighted by atomic mass is 19.1. The third kappa shape index (κ3) is 4.58. The van der Waals surface area contributed by atoms with Crippen LogP contribution in [-0.4, -0.2) is 50.0 Å². The number of carbonyl (C=O) groups excluding carboxylic acids is 1. The predicted octanol–water partition coefficient (Wildman–Crippen LogP) is 5.15. The molecule has 0 saturated carbocycles. The predicted molar refractivity (Wildman–Crippen MR) is 126 cm³/mol. The molecule has 6 heteroatoms. The van der Waals surface area contributed by atoms with E-state index in [0.29, 0.717) is 11.7 Å². The van der Waals surface area contributed by atoms with Crippen LogP contribution in [0.25, 0.3) is 11.1 Å². The van der Waals surface area contributed by atoms with E-state index in [-0.39, 0.29) is 30.3 Å². The fraction of sp³-hybridized carbons (Fsp3) is 0.519. The number of ether oxygens (including phenoxy) is 2. The summed E-state index contributed by atoms with van der Waals surface area (Å²) in [6.45, 7) is 7.05. The van der Waals surface area contributed by atoms with Gasteiger partial charge in [-0.15, -0.1) is 0 Å². The Morgan fingerprint density at radius 3 is 2.67 bits per heavy atom. The van der Waals surface area contributed by atoms with Gasteiger partial charge in [0, 0.05) is 6.54 Å². The maximum atomic E-state index is 12.9. The third-order valence-corrected chi connectivity index (χ3v) is 7.51. The molecule has 3 saturated heterocycles. The van der Waals surface area contributed by atoms with E-state index < -0.39 is 6.67 Å². The number of hydrogen-bond donors (Lipinski definition) is 1. The number of fused-ring (bicyclic) bond motifs is 4. The van der Waals surface area contributed by atoms with Crippen LogP contribution in [0.2, 0.25) is 0 Å². The molecule has 1 amide bonds. The fourth-order valence-electron chi connectivity index (χ4n) is 5.76. The van der Waals surface area contributed by atoms with Gasteiger partial charge in [0.15, 0.2) is 0 Å². The van der Waals surface area contributed by atoms with E-state index >= 15 is 0 Å². The number of alkyl carbamates (subject to hydrolysis) is 1. The summed E-state index contributed by atoms with van der Waals surface area (Å²) in [4.78, 5) is 15.3. The molecule has 0 spiro atoms. The molecule has 0 radical (unpaired) electrons. The molecule has 3 aliphatic heterocycles. The molecule has 6 rings (SSSR count). The highest BCUT2D eigenvalue weighted by Gasteiger charge is 2.42. The van der Waals surface area contributed by atoms with E-state index in [1.54, 1.807) is 0 Å². The Morgan fingerprint density at radius 1 is 1.15 bits per heavy atom. The van der Waals surface area contributed by atoms with Gasteiger partial charge in [-0.3, -0.25) is 4.90 Å². The van der Waals surface area contributed by atoms with Crippen molar-refractivity contribution in [1.82, 2.24) is 10.2 Å². The van der Waals surface area contributed by atoms with Crippen LogP contribution in [0.3, 0.4) is 0 Å². The fourth-order valence-corrected chi connectivity index (χ4v) is 5.76. The molecule has 5 nitrogen and oxygen atoms in total. The molecule has 3 fully saturated rings. The molecule has 33 heavy (non-hydrogen) atoms. The Labute approximate surface area is 195 Å². The first-order valence-electron chi connectivity index (χ1n) is 12.0. The standard InChI is InChI=1S/C27H33FN2O3/c1-27(2)16-21-14-20(19-4-3-5-22(15-19)32-13-10-28)6-7-23(21)25(27)29-26(31)33-24-17-30-11-8-18(24)9-12-30/h3-7,14-15,18,24-25H,8-13,16-17H2,1-2H3,(H,29,31)/t24-,25?/m0/s1. The first-order valence-corrected chi connectivity index (χ1v) is 12.0. The Hall–Kier alpha value is -2.60. The molecule has 1 unspecified atom stereocenters. The molecule has 2 aromatic rings. The highest BCUT2D eigenvalue weighted by molar-refractivity contribution is 5.70. The van der Waals surface area contributed by atoms with E-state index in [2.05, 4.69) is 42.3 Å². The van der Waals surface area contributed by atoms with E-state index in [4.69, 9.17) is 9.47 Å². The molecule has 1 aliphatic carbocycles. The number of nitrogens with zero attached hydrogens (tertiary/aromatic N) is 1. The third-order valence-electron chi connectivity index (χ3n) is 7.51. The second-order valence-corrected chi connectivity index (χ2v) is 10.3. The zero-order valence-corrected chi connectivity index (χ0v) is 19.5. The van der Waals surface area contributed by atoms with Crippen molar-refractivity contribution < 1.29 is 18.7 Å². The lowest BCUT2D eigenvalue weighted by atomic mass is 9.85. The van der Waals surface area contributed by atoms with Crippen molar-refractivity contribution in [2.45, 2.75) is 45.3 Å². The summed E-state index contributed by atoms with van der Waals surface area (Å²) in [5.41, 5.74) is 4.40. The minimum atomic E-state index is -0.505. The van der Waals surface area contributed by atoms with Gasteiger partial charge in [-0.05, 0) is 78.1 Å². The lowest BCUT2D eigenvalue weighted by Crippen LogP contribution is -2.53. The summed E-state index contributed by atoms with van der Waals surface area (Å²) in [5, 5.41) is 3.19. The van der Waals surface area contributed by atoms with Crippen LogP contribution in [0.1, 0.15) is 43.9 Å². The van der Waals surface area contributed by atoms with Gasteiger partial charge in [-0.25, -0.2) is 9.18 Å². The molecule has 1 N–H and O–H groups in total. The summed E-state index contributed by atoms with van der Waals surface area (Å²) in [6.07, 6.45) is 2.82. The lowest BCUT2D eigenvalue weighted by molar-refractivity contribution is -0.0348. The maximum Gasteiger partial charge on any atom is 0.407 e. The number of nitrogens with one attached hydrogen (secondary N) is 1. The largest absolute Gasteiger partial charge is 0.491 e. The zero-order chi connectivity index (χ0) is 23.0. The van der Waals surface area contributed by atoms with Crippen molar-refractivity contribution in [3.05, 3.63) is 53.6 Å². The number of alkyl halides is 1. The Balaban J connectivity index is 1.31. The van der Waals surface area contributed by atoms with Crippen molar-refractivity contribution in [3.8, 4) is 16.9 Å². The summed E-state index contributed by atoms with van der Waals surface area (Å²) in [6, 6.07) is 14.1. The zero-order valence-electron chi connectivity index (χ0n) is 19.5. The Morgan fingerprint density at radius 2 is 1.94 bits per heavy atom. The molecule has 3 heterocycles. The van der Waals surface area contributed by atoms with Gasteiger partial charge in [-0.1, -0.05) is 44.2 Å². The molecule has 2 aromatic carbocycles. The second-order valence-electron chi connectivity index (χ2n) is 10.3. The second kappa shape index (κ2) is 8.98. The average Bonchev–Trinajstić information content (AvgIpc) is 3.07.